The van der Waals surface area contributed by atoms with Crippen LogP contribution < -0.4 is 10.9 Å². The van der Waals surface area contributed by atoms with Crippen molar-refractivity contribution in [2.75, 3.05) is 5.32 Å². The van der Waals surface area contributed by atoms with E-state index >= 15 is 0 Å². The van der Waals surface area contributed by atoms with Crippen LogP contribution in [-0.4, -0.2) is 9.97 Å². The lowest BCUT2D eigenvalue weighted by atomic mass is 10.3. The van der Waals surface area contributed by atoms with Crippen LogP contribution in [-0.2, 0) is 0 Å². The second-order valence-electron chi connectivity index (χ2n) is 3.38. The molecular formula is C11H10BrN3O. The molecule has 0 radical (unpaired) electrons. The average Bonchev–Trinajstić information content (AvgIpc) is 2.27. The van der Waals surface area contributed by atoms with E-state index in [1.54, 1.807) is 13.1 Å². The number of H-pyrrole nitrogens is 1. The highest BCUT2D eigenvalue weighted by Gasteiger charge is 1.98. The normalized spacial score (nSPS) is 10.1. The predicted molar refractivity (Wildman–Crippen MR) is 67.0 cm³/mol. The van der Waals surface area contributed by atoms with Crippen molar-refractivity contribution < 1.29 is 0 Å². The van der Waals surface area contributed by atoms with Crippen molar-refractivity contribution in [3.8, 4) is 0 Å². The van der Waals surface area contributed by atoms with Gasteiger partial charge in [0, 0.05) is 21.9 Å². The molecule has 0 amide bonds. The Morgan fingerprint density at radius 3 is 2.62 bits per heavy atom. The third-order valence-electron chi connectivity index (χ3n) is 2.08. The van der Waals surface area contributed by atoms with Gasteiger partial charge in [0.25, 0.3) is 5.56 Å². The zero-order chi connectivity index (χ0) is 11.5. The smallest absolute Gasteiger partial charge is 0.255 e. The molecule has 82 valence electrons. The van der Waals surface area contributed by atoms with E-state index in [9.17, 15) is 4.79 Å². The summed E-state index contributed by atoms with van der Waals surface area (Å²) in [5.41, 5.74) is 1.34. The minimum absolute atomic E-state index is 0.130. The van der Waals surface area contributed by atoms with E-state index in [4.69, 9.17) is 0 Å². The van der Waals surface area contributed by atoms with Crippen molar-refractivity contribution in [2.45, 2.75) is 6.92 Å². The first-order valence-electron chi connectivity index (χ1n) is 4.73. The lowest BCUT2D eigenvalue weighted by Crippen LogP contribution is -2.12. The molecule has 5 heteroatoms. The fraction of sp³-hybridized carbons (Fsp3) is 0.0909. The van der Waals surface area contributed by atoms with E-state index in [0.717, 1.165) is 10.2 Å². The van der Waals surface area contributed by atoms with Gasteiger partial charge in [-0.25, -0.2) is 4.98 Å². The molecule has 0 fully saturated rings. The number of halogens is 1. The fourth-order valence-electron chi connectivity index (χ4n) is 1.19. The minimum atomic E-state index is -0.130. The van der Waals surface area contributed by atoms with Gasteiger partial charge in [0.2, 0.25) is 5.95 Å². The summed E-state index contributed by atoms with van der Waals surface area (Å²) in [5.74, 6) is 0.443. The maximum atomic E-state index is 11.3. The first-order chi connectivity index (χ1) is 7.65. The molecule has 1 aromatic carbocycles. The van der Waals surface area contributed by atoms with Crippen LogP contribution >= 0.6 is 15.9 Å². The Labute approximate surface area is 101 Å². The van der Waals surface area contributed by atoms with Crippen LogP contribution in [0, 0.1) is 6.92 Å². The number of aromatic nitrogens is 2. The quantitative estimate of drug-likeness (QED) is 0.889. The van der Waals surface area contributed by atoms with Crippen molar-refractivity contribution in [2.24, 2.45) is 0 Å². The summed E-state index contributed by atoms with van der Waals surface area (Å²) in [6, 6.07) is 7.61. The molecule has 0 bridgehead atoms. The highest BCUT2D eigenvalue weighted by atomic mass is 79.9. The summed E-state index contributed by atoms with van der Waals surface area (Å²) in [6.07, 6.45) is 1.54. The van der Waals surface area contributed by atoms with E-state index in [2.05, 4.69) is 31.2 Å². The Hall–Kier alpha value is -1.62. The van der Waals surface area contributed by atoms with Crippen molar-refractivity contribution in [3.63, 3.8) is 0 Å². The van der Waals surface area contributed by atoms with Crippen LogP contribution in [0.2, 0.25) is 0 Å². The van der Waals surface area contributed by atoms with Gasteiger partial charge in [0.15, 0.2) is 0 Å². The summed E-state index contributed by atoms with van der Waals surface area (Å²) in [7, 11) is 0. The van der Waals surface area contributed by atoms with Gasteiger partial charge >= 0.3 is 0 Å². The molecule has 1 heterocycles. The number of hydrogen-bond acceptors (Lipinski definition) is 3. The minimum Gasteiger partial charge on any atom is -0.326 e. The molecular weight excluding hydrogens is 270 g/mol. The Kier molecular flexibility index (Phi) is 3.05. The molecule has 0 aliphatic carbocycles. The molecule has 0 spiro atoms. The second-order valence-corrected chi connectivity index (χ2v) is 4.29. The van der Waals surface area contributed by atoms with Gasteiger partial charge < -0.3 is 5.32 Å². The third-order valence-corrected chi connectivity index (χ3v) is 2.61. The largest absolute Gasteiger partial charge is 0.326 e. The molecule has 2 N–H and O–H groups in total. The number of aryl methyl sites for hydroxylation is 1. The van der Waals surface area contributed by atoms with Crippen molar-refractivity contribution in [1.82, 2.24) is 9.97 Å². The molecule has 1 aromatic heterocycles. The van der Waals surface area contributed by atoms with Crippen molar-refractivity contribution in [1.29, 1.82) is 0 Å². The topological polar surface area (TPSA) is 57.8 Å². The standard InChI is InChI=1S/C11H10BrN3O/c1-7-6-13-11(15-10(7)16)14-9-4-2-8(12)3-5-9/h2-6H,1H3,(H2,13,14,15,16). The van der Waals surface area contributed by atoms with E-state index in [1.807, 2.05) is 24.3 Å². The third kappa shape index (κ3) is 2.49. The van der Waals surface area contributed by atoms with Crippen LogP contribution in [0.5, 0.6) is 0 Å². The van der Waals surface area contributed by atoms with Crippen molar-refractivity contribution >= 4 is 27.6 Å². The number of rotatable bonds is 2. The number of anilines is 2. The number of nitrogens with one attached hydrogen (secondary N) is 2. The summed E-state index contributed by atoms with van der Waals surface area (Å²) < 4.78 is 1.00. The molecule has 0 atom stereocenters. The first kappa shape index (κ1) is 10.9. The summed E-state index contributed by atoms with van der Waals surface area (Å²) >= 11 is 3.35. The first-order valence-corrected chi connectivity index (χ1v) is 5.53. The Bertz CT molecular complexity index is 548. The molecule has 2 aromatic rings. The number of aromatic amines is 1. The molecule has 0 aliphatic rings. The number of hydrogen-bond donors (Lipinski definition) is 2. The van der Waals surface area contributed by atoms with E-state index in [1.165, 1.54) is 0 Å². The van der Waals surface area contributed by atoms with Crippen LogP contribution in [0.25, 0.3) is 0 Å². The lowest BCUT2D eigenvalue weighted by molar-refractivity contribution is 1.08. The summed E-state index contributed by atoms with van der Waals surface area (Å²) in [4.78, 5) is 18.1. The van der Waals surface area contributed by atoms with Crippen LogP contribution in [0.4, 0.5) is 11.6 Å². The maximum absolute atomic E-state index is 11.3. The molecule has 16 heavy (non-hydrogen) atoms. The molecule has 0 saturated carbocycles. The van der Waals surface area contributed by atoms with Crippen molar-refractivity contribution in [3.05, 3.63) is 50.9 Å². The fourth-order valence-corrected chi connectivity index (χ4v) is 1.46. The van der Waals surface area contributed by atoms with Gasteiger partial charge in [0.05, 0.1) is 0 Å². The zero-order valence-corrected chi connectivity index (χ0v) is 10.2. The highest BCUT2D eigenvalue weighted by molar-refractivity contribution is 9.10. The maximum Gasteiger partial charge on any atom is 0.255 e. The molecule has 0 saturated heterocycles. The lowest BCUT2D eigenvalue weighted by Gasteiger charge is -2.04. The van der Waals surface area contributed by atoms with Crippen LogP contribution in [0.3, 0.4) is 0 Å². The summed E-state index contributed by atoms with van der Waals surface area (Å²) in [5, 5.41) is 3.01. The van der Waals surface area contributed by atoms with Gasteiger partial charge in [0.1, 0.15) is 0 Å². The van der Waals surface area contributed by atoms with Gasteiger partial charge in [-0.05, 0) is 31.2 Å². The Morgan fingerprint density at radius 2 is 2.00 bits per heavy atom. The van der Waals surface area contributed by atoms with Gasteiger partial charge in [-0.1, -0.05) is 15.9 Å². The molecule has 0 unspecified atom stereocenters. The SMILES string of the molecule is Cc1cnc(Nc2ccc(Br)cc2)[nH]c1=O. The Balaban J connectivity index is 2.24. The van der Waals surface area contributed by atoms with E-state index in [-0.39, 0.29) is 5.56 Å². The second kappa shape index (κ2) is 4.49. The number of benzene rings is 1. The highest BCUT2D eigenvalue weighted by Crippen LogP contribution is 2.16. The zero-order valence-electron chi connectivity index (χ0n) is 8.62. The van der Waals surface area contributed by atoms with Gasteiger partial charge in [-0.2, -0.15) is 0 Å². The molecule has 4 nitrogen and oxygen atoms in total. The van der Waals surface area contributed by atoms with Crippen LogP contribution in [0.15, 0.2) is 39.7 Å². The van der Waals surface area contributed by atoms with Crippen LogP contribution in [0.1, 0.15) is 5.56 Å². The number of nitrogens with zero attached hydrogens (tertiary/aromatic N) is 1. The van der Waals surface area contributed by atoms with Gasteiger partial charge in [-0.3, -0.25) is 9.78 Å². The van der Waals surface area contributed by atoms with E-state index in [0.29, 0.717) is 11.5 Å². The summed E-state index contributed by atoms with van der Waals surface area (Å²) in [6.45, 7) is 1.72. The molecule has 2 rings (SSSR count). The Morgan fingerprint density at radius 1 is 1.31 bits per heavy atom. The van der Waals surface area contributed by atoms with E-state index < -0.39 is 0 Å². The predicted octanol–water partition coefficient (Wildman–Crippen LogP) is 2.58. The van der Waals surface area contributed by atoms with Gasteiger partial charge in [-0.15, -0.1) is 0 Å². The monoisotopic (exact) mass is 279 g/mol. The molecule has 0 aliphatic heterocycles. The average molecular weight is 280 g/mol.